The van der Waals surface area contributed by atoms with Gasteiger partial charge >= 0.3 is 0 Å². The maximum atomic E-state index is 6.52. The summed E-state index contributed by atoms with van der Waals surface area (Å²) in [7, 11) is 0. The molecular formula is C34H22BrClS. The van der Waals surface area contributed by atoms with Gasteiger partial charge in [-0.15, -0.1) is 0 Å². The quantitative estimate of drug-likeness (QED) is 0.173. The van der Waals surface area contributed by atoms with E-state index in [0.717, 1.165) is 9.50 Å². The molecule has 1 spiro atoms. The smallest absolute Gasteiger partial charge is 0.0735 e. The van der Waals surface area contributed by atoms with Gasteiger partial charge in [-0.2, -0.15) is 0 Å². The Morgan fingerprint density at radius 2 is 1.19 bits per heavy atom. The van der Waals surface area contributed by atoms with Crippen molar-refractivity contribution in [3.05, 3.63) is 140 Å². The molecule has 0 saturated carbocycles. The van der Waals surface area contributed by atoms with Gasteiger partial charge in [0.05, 0.1) is 5.41 Å². The van der Waals surface area contributed by atoms with Crippen molar-refractivity contribution < 1.29 is 0 Å². The molecule has 0 radical (unpaired) electrons. The van der Waals surface area contributed by atoms with Crippen molar-refractivity contribution >= 4 is 39.3 Å². The van der Waals surface area contributed by atoms with Gasteiger partial charge in [0, 0.05) is 24.7 Å². The molecule has 0 atom stereocenters. The van der Waals surface area contributed by atoms with Crippen LogP contribution in [-0.4, -0.2) is 0 Å². The summed E-state index contributed by atoms with van der Waals surface area (Å²) in [6.45, 7) is 4.71. The van der Waals surface area contributed by atoms with E-state index in [0.29, 0.717) is 0 Å². The van der Waals surface area contributed by atoms with Gasteiger partial charge in [0.2, 0.25) is 0 Å². The largest absolute Gasteiger partial charge is 0.0879 e. The average Bonchev–Trinajstić information content (AvgIpc) is 3.32. The van der Waals surface area contributed by atoms with E-state index in [4.69, 9.17) is 11.6 Å². The van der Waals surface area contributed by atoms with E-state index >= 15 is 0 Å². The molecule has 5 aromatic rings. The van der Waals surface area contributed by atoms with Crippen LogP contribution in [0, 0.1) is 0 Å². The van der Waals surface area contributed by atoms with Gasteiger partial charge in [0.1, 0.15) is 0 Å². The van der Waals surface area contributed by atoms with Gasteiger partial charge in [-0.25, -0.2) is 0 Å². The summed E-state index contributed by atoms with van der Waals surface area (Å²) in [4.78, 5) is 2.68. The van der Waals surface area contributed by atoms with E-state index in [-0.39, 0.29) is 10.8 Å². The summed E-state index contributed by atoms with van der Waals surface area (Å²) >= 11 is 12.4. The van der Waals surface area contributed by atoms with Crippen LogP contribution >= 0.6 is 39.3 Å². The summed E-state index contributed by atoms with van der Waals surface area (Å²) in [5.41, 5.74) is 12.9. The van der Waals surface area contributed by atoms with Crippen molar-refractivity contribution in [2.45, 2.75) is 34.5 Å². The minimum Gasteiger partial charge on any atom is -0.0879 e. The lowest BCUT2D eigenvalue weighted by atomic mass is 9.66. The highest BCUT2D eigenvalue weighted by Gasteiger charge is 2.52. The fraction of sp³-hybridized carbons (Fsp3) is 0.118. The monoisotopic (exact) mass is 576 g/mol. The van der Waals surface area contributed by atoms with E-state index < -0.39 is 0 Å². The number of fused-ring (bicyclic) bond motifs is 13. The Bertz CT molecular complexity index is 1770. The standard InChI is InChI=1S/C34H22BrClS/c1-33(2)28-18-19(36)14-15-22(28)23-16-17-27-32(30(23)33)37-31-26(12-7-13-29(31)35)34(27)24-10-5-3-8-20(24)21-9-4-6-11-25(21)34/h3-18H,1-2H3. The normalized spacial score (nSPS) is 16.4. The highest BCUT2D eigenvalue weighted by Crippen LogP contribution is 2.66. The third kappa shape index (κ3) is 2.62. The zero-order valence-corrected chi connectivity index (χ0v) is 23.6. The third-order valence-corrected chi connectivity index (χ3v) is 11.1. The highest BCUT2D eigenvalue weighted by molar-refractivity contribution is 9.10. The first-order chi connectivity index (χ1) is 17.9. The van der Waals surface area contributed by atoms with Gasteiger partial charge in [-0.1, -0.05) is 116 Å². The number of benzene rings is 5. The molecule has 0 nitrogen and oxygen atoms in total. The second-order valence-corrected chi connectivity index (χ2v) is 13.1. The van der Waals surface area contributed by atoms with Crippen LogP contribution < -0.4 is 0 Å². The van der Waals surface area contributed by atoms with Crippen molar-refractivity contribution in [1.29, 1.82) is 0 Å². The minimum atomic E-state index is -0.371. The lowest BCUT2D eigenvalue weighted by molar-refractivity contribution is 0.631. The van der Waals surface area contributed by atoms with Crippen LogP contribution in [0.2, 0.25) is 5.02 Å². The SMILES string of the molecule is CC1(C)c2cc(Cl)ccc2-c2ccc3c(c21)Sc1c(Br)cccc1C31c2ccccc2-c2ccccc21. The van der Waals surface area contributed by atoms with E-state index in [9.17, 15) is 0 Å². The molecule has 3 heteroatoms. The Labute approximate surface area is 234 Å². The van der Waals surface area contributed by atoms with Gasteiger partial charge in [-0.05, 0) is 89.8 Å². The molecule has 2 aliphatic carbocycles. The molecular weight excluding hydrogens is 556 g/mol. The molecule has 0 unspecified atom stereocenters. The van der Waals surface area contributed by atoms with Crippen LogP contribution in [0.15, 0.2) is 111 Å². The summed E-state index contributed by atoms with van der Waals surface area (Å²) in [5, 5.41) is 0.796. The second kappa shape index (κ2) is 7.41. The maximum absolute atomic E-state index is 6.52. The molecule has 0 bridgehead atoms. The number of halogens is 2. The van der Waals surface area contributed by atoms with Gasteiger partial charge < -0.3 is 0 Å². The fourth-order valence-corrected chi connectivity index (χ4v) is 9.48. The molecule has 3 aliphatic rings. The molecule has 0 aromatic heterocycles. The molecule has 0 fully saturated rings. The predicted octanol–water partition coefficient (Wildman–Crippen LogP) is 10.2. The first kappa shape index (κ1) is 22.2. The Morgan fingerprint density at radius 3 is 1.92 bits per heavy atom. The maximum Gasteiger partial charge on any atom is 0.0735 e. The molecule has 1 aliphatic heterocycles. The number of hydrogen-bond donors (Lipinski definition) is 0. The highest BCUT2D eigenvalue weighted by atomic mass is 79.9. The molecule has 178 valence electrons. The third-order valence-electron chi connectivity index (χ3n) is 8.66. The van der Waals surface area contributed by atoms with Crippen molar-refractivity contribution in [1.82, 2.24) is 0 Å². The van der Waals surface area contributed by atoms with Crippen LogP contribution in [0.5, 0.6) is 0 Å². The van der Waals surface area contributed by atoms with Crippen LogP contribution in [0.25, 0.3) is 22.3 Å². The first-order valence-electron chi connectivity index (χ1n) is 12.6. The number of rotatable bonds is 0. The zero-order valence-electron chi connectivity index (χ0n) is 20.4. The fourth-order valence-electron chi connectivity index (χ4n) is 7.20. The van der Waals surface area contributed by atoms with E-state index in [1.807, 2.05) is 17.8 Å². The Hall–Kier alpha value is -2.78. The number of hydrogen-bond acceptors (Lipinski definition) is 1. The molecule has 8 rings (SSSR count). The molecule has 0 amide bonds. The molecule has 0 N–H and O–H groups in total. The average molecular weight is 578 g/mol. The lowest BCUT2D eigenvalue weighted by Crippen LogP contribution is -2.33. The second-order valence-electron chi connectivity index (χ2n) is 10.7. The van der Waals surface area contributed by atoms with E-state index in [1.54, 1.807) is 0 Å². The van der Waals surface area contributed by atoms with Gasteiger partial charge in [-0.3, -0.25) is 0 Å². The van der Waals surface area contributed by atoms with Crippen LogP contribution in [0.1, 0.15) is 47.2 Å². The Morgan fingerprint density at radius 1 is 0.595 bits per heavy atom. The van der Waals surface area contributed by atoms with E-state index in [1.165, 1.54) is 65.4 Å². The minimum absolute atomic E-state index is 0.161. The van der Waals surface area contributed by atoms with Crippen molar-refractivity contribution in [3.8, 4) is 22.3 Å². The van der Waals surface area contributed by atoms with Crippen LogP contribution in [-0.2, 0) is 10.8 Å². The van der Waals surface area contributed by atoms with Crippen LogP contribution in [0.3, 0.4) is 0 Å². The van der Waals surface area contributed by atoms with Crippen molar-refractivity contribution in [3.63, 3.8) is 0 Å². The topological polar surface area (TPSA) is 0 Å². The Kier molecular flexibility index (Phi) is 4.45. The van der Waals surface area contributed by atoms with Crippen LogP contribution in [0.4, 0.5) is 0 Å². The molecule has 37 heavy (non-hydrogen) atoms. The first-order valence-corrected chi connectivity index (χ1v) is 14.6. The van der Waals surface area contributed by atoms with Crippen molar-refractivity contribution in [2.75, 3.05) is 0 Å². The summed E-state index contributed by atoms with van der Waals surface area (Å²) < 4.78 is 1.15. The summed E-state index contributed by atoms with van der Waals surface area (Å²) in [6, 6.07) is 35.8. The molecule has 1 heterocycles. The lowest BCUT2D eigenvalue weighted by Gasteiger charge is -2.41. The molecule has 5 aromatic carbocycles. The Balaban J connectivity index is 1.56. The van der Waals surface area contributed by atoms with Gasteiger partial charge in [0.25, 0.3) is 0 Å². The van der Waals surface area contributed by atoms with Crippen molar-refractivity contribution in [2.24, 2.45) is 0 Å². The molecule has 0 saturated heterocycles. The summed E-state index contributed by atoms with van der Waals surface area (Å²) in [6.07, 6.45) is 0. The summed E-state index contributed by atoms with van der Waals surface area (Å²) in [5.74, 6) is 0. The van der Waals surface area contributed by atoms with E-state index in [2.05, 4.69) is 121 Å². The predicted molar refractivity (Wildman–Crippen MR) is 158 cm³/mol. The van der Waals surface area contributed by atoms with Gasteiger partial charge in [0.15, 0.2) is 0 Å². The zero-order chi connectivity index (χ0) is 25.1.